The van der Waals surface area contributed by atoms with Crippen molar-refractivity contribution in [3.05, 3.63) is 46.6 Å². The van der Waals surface area contributed by atoms with Gasteiger partial charge in [-0.15, -0.1) is 0 Å². The van der Waals surface area contributed by atoms with Crippen molar-refractivity contribution >= 4 is 0 Å². The molecule has 0 fully saturated rings. The molecule has 2 aliphatic carbocycles. The molecule has 0 radical (unpaired) electrons. The Morgan fingerprint density at radius 3 is 1.22 bits per heavy atom. The fourth-order valence-electron chi connectivity index (χ4n) is 4.33. The first-order chi connectivity index (χ1) is 11.8. The van der Waals surface area contributed by atoms with Crippen molar-refractivity contribution in [1.82, 2.24) is 0 Å². The quantitative estimate of drug-likeness (QED) is 0.300. The molecule has 0 spiro atoms. The Bertz CT molecular complexity index is 538. The minimum Gasteiger partial charge on any atom is -0.249 e. The van der Waals surface area contributed by atoms with Crippen molar-refractivity contribution in [3.63, 3.8) is 0 Å². The van der Waals surface area contributed by atoms with Crippen molar-refractivity contribution in [1.29, 1.82) is 0 Å². The van der Waals surface area contributed by atoms with Crippen LogP contribution in [0.1, 0.15) is 94.9 Å². The van der Waals surface area contributed by atoms with Crippen LogP contribution in [0, 0.1) is 34.8 Å². The minimum atomic E-state index is 0. The molecule has 0 heterocycles. The summed E-state index contributed by atoms with van der Waals surface area (Å²) in [7, 11) is 0. The van der Waals surface area contributed by atoms with Crippen LogP contribution in [-0.4, -0.2) is 0 Å². The van der Waals surface area contributed by atoms with Crippen molar-refractivity contribution in [2.75, 3.05) is 0 Å². The largest absolute Gasteiger partial charge is 2.00 e. The van der Waals surface area contributed by atoms with Crippen LogP contribution in [0.4, 0.5) is 0 Å². The fourth-order valence-corrected chi connectivity index (χ4v) is 4.33. The van der Waals surface area contributed by atoms with Crippen LogP contribution in [0.2, 0.25) is 0 Å². The molecule has 0 saturated carbocycles. The van der Waals surface area contributed by atoms with E-state index in [0.29, 0.717) is 10.8 Å². The topological polar surface area (TPSA) is 0 Å². The maximum absolute atomic E-state index is 3.48. The molecule has 1 heteroatoms. The molecule has 0 aromatic carbocycles. The molecule has 0 amide bonds. The Hall–Kier alpha value is -0.417. The molecule has 0 aromatic heterocycles. The normalized spacial score (nSPS) is 17.0. The molecule has 2 aliphatic rings. The molecule has 0 atom stereocenters. The standard InChI is InChI=1S/2C13H21.Zn/c2*1-10(2)9-13(4,5)12-7-6-11(3)8-12;/h2*7,10H,6,9H2,1-5H3;/q2*-1;+2. The van der Waals surface area contributed by atoms with E-state index in [1.54, 1.807) is 0 Å². The maximum Gasteiger partial charge on any atom is 2.00 e. The van der Waals surface area contributed by atoms with Gasteiger partial charge in [0.1, 0.15) is 0 Å². The number of allylic oxidation sites excluding steroid dienone is 8. The summed E-state index contributed by atoms with van der Waals surface area (Å²) < 4.78 is 0. The summed E-state index contributed by atoms with van der Waals surface area (Å²) in [5.74, 6) is 1.53. The van der Waals surface area contributed by atoms with E-state index in [1.807, 2.05) is 0 Å². The molecule has 0 N–H and O–H groups in total. The van der Waals surface area contributed by atoms with E-state index in [4.69, 9.17) is 0 Å². The van der Waals surface area contributed by atoms with Gasteiger partial charge in [-0.05, 0) is 35.5 Å². The predicted molar refractivity (Wildman–Crippen MR) is 117 cm³/mol. The third-order valence-electron chi connectivity index (χ3n) is 5.22. The molecule has 0 saturated heterocycles. The van der Waals surface area contributed by atoms with Gasteiger partial charge in [0.25, 0.3) is 0 Å². The average Bonchev–Trinajstić information content (AvgIpc) is 3.06. The van der Waals surface area contributed by atoms with Crippen LogP contribution in [0.5, 0.6) is 0 Å². The van der Waals surface area contributed by atoms with Crippen LogP contribution in [-0.2, 0) is 19.5 Å². The second-order valence-corrected chi connectivity index (χ2v) is 10.4. The second kappa shape index (κ2) is 10.9. The van der Waals surface area contributed by atoms with Gasteiger partial charge in [-0.1, -0.05) is 82.1 Å². The molecule has 0 aromatic rings. The van der Waals surface area contributed by atoms with Gasteiger partial charge in [-0.2, -0.15) is 11.1 Å². The molecule has 27 heavy (non-hydrogen) atoms. The van der Waals surface area contributed by atoms with Gasteiger partial charge in [0.15, 0.2) is 0 Å². The second-order valence-electron chi connectivity index (χ2n) is 10.4. The summed E-state index contributed by atoms with van der Waals surface area (Å²) in [6.07, 6.45) is 16.3. The van der Waals surface area contributed by atoms with E-state index >= 15 is 0 Å². The molecule has 0 unspecified atom stereocenters. The maximum atomic E-state index is 3.48. The van der Waals surface area contributed by atoms with E-state index in [-0.39, 0.29) is 19.5 Å². The van der Waals surface area contributed by atoms with E-state index in [1.165, 1.54) is 35.1 Å². The van der Waals surface area contributed by atoms with Gasteiger partial charge >= 0.3 is 19.5 Å². The fraction of sp³-hybridized carbons (Fsp3) is 0.692. The Labute approximate surface area is 183 Å². The summed E-state index contributed by atoms with van der Waals surface area (Å²) >= 11 is 0. The molecule has 148 valence electrons. The van der Waals surface area contributed by atoms with Gasteiger partial charge in [0, 0.05) is 0 Å². The molecule has 2 rings (SSSR count). The third-order valence-corrected chi connectivity index (χ3v) is 5.22. The predicted octanol–water partition coefficient (Wildman–Crippen LogP) is 8.27. The molecule has 0 bridgehead atoms. The van der Waals surface area contributed by atoms with E-state index < -0.39 is 0 Å². The van der Waals surface area contributed by atoms with E-state index in [2.05, 4.69) is 93.5 Å². The van der Waals surface area contributed by atoms with Crippen LogP contribution in [0.3, 0.4) is 0 Å². The van der Waals surface area contributed by atoms with Gasteiger partial charge in [-0.3, -0.25) is 0 Å². The zero-order chi connectivity index (χ0) is 20.1. The molecule has 0 aliphatic heterocycles. The Balaban J connectivity index is 0.000000483. The molecular weight excluding hydrogens is 378 g/mol. The summed E-state index contributed by atoms with van der Waals surface area (Å²) in [6.45, 7) is 22.8. The van der Waals surface area contributed by atoms with Crippen LogP contribution in [0.25, 0.3) is 0 Å². The SMILES string of the molecule is CC1=[C-]C(C(C)(C)CC(C)C)=CC1.CC1=[C-]C(C(C)(C)CC(C)C)=CC1.[Zn+2]. The summed E-state index contributed by atoms with van der Waals surface area (Å²) in [5, 5.41) is 0. The minimum absolute atomic E-state index is 0. The summed E-state index contributed by atoms with van der Waals surface area (Å²) in [6, 6.07) is 0. The van der Waals surface area contributed by atoms with Crippen molar-refractivity contribution in [3.8, 4) is 0 Å². The molecular formula is C26H42Zn. The first kappa shape index (κ1) is 26.6. The Morgan fingerprint density at radius 2 is 1.04 bits per heavy atom. The third kappa shape index (κ3) is 9.08. The summed E-state index contributed by atoms with van der Waals surface area (Å²) in [5.41, 5.74) is 6.22. The average molecular weight is 420 g/mol. The van der Waals surface area contributed by atoms with Crippen molar-refractivity contribution < 1.29 is 19.5 Å². The van der Waals surface area contributed by atoms with Crippen molar-refractivity contribution in [2.24, 2.45) is 22.7 Å². The smallest absolute Gasteiger partial charge is 0.249 e. The monoisotopic (exact) mass is 418 g/mol. The van der Waals surface area contributed by atoms with Gasteiger partial charge in [-0.25, -0.2) is 35.5 Å². The summed E-state index contributed by atoms with van der Waals surface area (Å²) in [4.78, 5) is 0. The zero-order valence-electron chi connectivity index (χ0n) is 19.8. The van der Waals surface area contributed by atoms with Crippen LogP contribution < -0.4 is 0 Å². The zero-order valence-corrected chi connectivity index (χ0v) is 22.8. The van der Waals surface area contributed by atoms with Crippen LogP contribution in [0.15, 0.2) is 34.4 Å². The van der Waals surface area contributed by atoms with Gasteiger partial charge < -0.3 is 0 Å². The Morgan fingerprint density at radius 1 is 0.741 bits per heavy atom. The van der Waals surface area contributed by atoms with Gasteiger partial charge in [0.2, 0.25) is 0 Å². The van der Waals surface area contributed by atoms with E-state index in [0.717, 1.165) is 24.7 Å². The molecule has 0 nitrogen and oxygen atoms in total. The first-order valence-corrected chi connectivity index (χ1v) is 10.4. The Kier molecular flexibility index (Phi) is 10.8. The van der Waals surface area contributed by atoms with Gasteiger partial charge in [0.05, 0.1) is 0 Å². The van der Waals surface area contributed by atoms with Crippen LogP contribution >= 0.6 is 0 Å². The number of rotatable bonds is 6. The van der Waals surface area contributed by atoms with Crippen molar-refractivity contribution in [2.45, 2.75) is 94.9 Å². The first-order valence-electron chi connectivity index (χ1n) is 10.4. The number of hydrogen-bond acceptors (Lipinski definition) is 0. The number of hydrogen-bond donors (Lipinski definition) is 0. The van der Waals surface area contributed by atoms with E-state index in [9.17, 15) is 0 Å².